The number of nitrogens with zero attached hydrogens (tertiary/aromatic N) is 1. The van der Waals surface area contributed by atoms with E-state index in [0.29, 0.717) is 31.6 Å². The highest BCUT2D eigenvalue weighted by atomic mass is 16.3. The van der Waals surface area contributed by atoms with Crippen LogP contribution in [0.2, 0.25) is 0 Å². The van der Waals surface area contributed by atoms with Gasteiger partial charge in [-0.1, -0.05) is 17.9 Å². The Balaban J connectivity index is 2.23. The first-order valence-corrected chi connectivity index (χ1v) is 6.74. The van der Waals surface area contributed by atoms with E-state index in [9.17, 15) is 9.90 Å². The van der Waals surface area contributed by atoms with Crippen LogP contribution in [0.25, 0.3) is 0 Å². The maximum absolute atomic E-state index is 12.4. The summed E-state index contributed by atoms with van der Waals surface area (Å²) in [5.74, 6) is 5.73. The molecule has 0 saturated carbocycles. The van der Waals surface area contributed by atoms with Crippen molar-refractivity contribution in [1.82, 2.24) is 4.90 Å². The van der Waals surface area contributed by atoms with Crippen LogP contribution in [0.1, 0.15) is 34.8 Å². The maximum Gasteiger partial charge on any atom is 0.253 e. The minimum atomic E-state index is -0.775. The molecule has 0 aliphatic carbocycles. The third kappa shape index (κ3) is 3.19. The molecule has 0 spiro atoms. The topological polar surface area (TPSA) is 66.6 Å². The number of carbonyl (C=O) groups is 1. The fraction of sp³-hybridized carbons (Fsp3) is 0.438. The Morgan fingerprint density at radius 2 is 2.30 bits per heavy atom. The number of hydrogen-bond acceptors (Lipinski definition) is 3. The van der Waals surface area contributed by atoms with Crippen molar-refractivity contribution in [3.8, 4) is 11.8 Å². The van der Waals surface area contributed by atoms with Crippen molar-refractivity contribution in [2.75, 3.05) is 19.6 Å². The molecule has 1 saturated heterocycles. The number of amides is 1. The van der Waals surface area contributed by atoms with E-state index in [-0.39, 0.29) is 5.91 Å². The maximum atomic E-state index is 12.4. The predicted molar refractivity (Wildman–Crippen MR) is 78.3 cm³/mol. The van der Waals surface area contributed by atoms with Crippen LogP contribution in [0.15, 0.2) is 18.2 Å². The van der Waals surface area contributed by atoms with Gasteiger partial charge in [-0.25, -0.2) is 0 Å². The van der Waals surface area contributed by atoms with Crippen molar-refractivity contribution in [1.29, 1.82) is 0 Å². The summed E-state index contributed by atoms with van der Waals surface area (Å²) in [6, 6.07) is 5.49. The molecule has 1 atom stereocenters. The lowest BCUT2D eigenvalue weighted by Crippen LogP contribution is -2.33. The fourth-order valence-electron chi connectivity index (χ4n) is 2.34. The lowest BCUT2D eigenvalue weighted by Gasteiger charge is -2.19. The van der Waals surface area contributed by atoms with Crippen LogP contribution in [-0.2, 0) is 0 Å². The summed E-state index contributed by atoms with van der Waals surface area (Å²) in [7, 11) is 0. The molecule has 1 aliphatic heterocycles. The van der Waals surface area contributed by atoms with E-state index in [1.165, 1.54) is 0 Å². The highest BCUT2D eigenvalue weighted by Gasteiger charge is 2.34. The number of aliphatic hydroxyl groups is 1. The second kappa shape index (κ2) is 5.66. The first-order valence-electron chi connectivity index (χ1n) is 6.74. The van der Waals surface area contributed by atoms with Crippen LogP contribution >= 0.6 is 0 Å². The number of rotatable bonds is 1. The number of aryl methyl sites for hydroxylation is 1. The van der Waals surface area contributed by atoms with Gasteiger partial charge in [0.2, 0.25) is 0 Å². The van der Waals surface area contributed by atoms with E-state index < -0.39 is 5.60 Å². The molecule has 0 bridgehead atoms. The Kier molecular flexibility index (Phi) is 4.12. The fourth-order valence-corrected chi connectivity index (χ4v) is 2.34. The SMILES string of the molecule is Cc1ccc(C(=O)N2CCC(C)(O)C2)cc1C#CCN. The summed E-state index contributed by atoms with van der Waals surface area (Å²) >= 11 is 0. The summed E-state index contributed by atoms with van der Waals surface area (Å²) in [5, 5.41) is 9.95. The Bertz CT molecular complexity index is 582. The first kappa shape index (κ1) is 14.6. The van der Waals surface area contributed by atoms with Crippen molar-refractivity contribution in [2.24, 2.45) is 5.73 Å². The van der Waals surface area contributed by atoms with Crippen LogP contribution in [0.5, 0.6) is 0 Å². The molecule has 0 aromatic heterocycles. The molecule has 106 valence electrons. The molecule has 4 heteroatoms. The molecule has 1 fully saturated rings. The number of likely N-dealkylation sites (tertiary alicyclic amines) is 1. The largest absolute Gasteiger partial charge is 0.388 e. The van der Waals surface area contributed by atoms with Crippen molar-refractivity contribution in [3.05, 3.63) is 34.9 Å². The van der Waals surface area contributed by atoms with Gasteiger partial charge in [-0.3, -0.25) is 4.79 Å². The monoisotopic (exact) mass is 272 g/mol. The standard InChI is InChI=1S/C16H20N2O2/c1-12-5-6-14(10-13(12)4-3-8-17)15(19)18-9-7-16(2,20)11-18/h5-6,10,20H,7-9,11,17H2,1-2H3. The van der Waals surface area contributed by atoms with E-state index in [0.717, 1.165) is 11.1 Å². The molecule has 1 unspecified atom stereocenters. The zero-order valence-corrected chi connectivity index (χ0v) is 11.9. The van der Waals surface area contributed by atoms with Crippen LogP contribution in [0.3, 0.4) is 0 Å². The van der Waals surface area contributed by atoms with Gasteiger partial charge in [0.15, 0.2) is 0 Å². The van der Waals surface area contributed by atoms with Crippen molar-refractivity contribution >= 4 is 5.91 Å². The second-order valence-electron chi connectivity index (χ2n) is 5.51. The molecule has 0 radical (unpaired) electrons. The second-order valence-corrected chi connectivity index (χ2v) is 5.51. The Hall–Kier alpha value is -1.83. The quantitative estimate of drug-likeness (QED) is 0.747. The zero-order chi connectivity index (χ0) is 14.8. The molecule has 1 aromatic rings. The average molecular weight is 272 g/mol. The van der Waals surface area contributed by atoms with E-state index in [1.54, 1.807) is 24.0 Å². The van der Waals surface area contributed by atoms with Gasteiger partial charge in [-0.2, -0.15) is 0 Å². The molecule has 1 amide bonds. The van der Waals surface area contributed by atoms with Crippen molar-refractivity contribution in [3.63, 3.8) is 0 Å². The van der Waals surface area contributed by atoms with E-state index in [2.05, 4.69) is 11.8 Å². The van der Waals surface area contributed by atoms with Crippen molar-refractivity contribution < 1.29 is 9.90 Å². The molecule has 1 aromatic carbocycles. The average Bonchev–Trinajstić information content (AvgIpc) is 2.77. The van der Waals surface area contributed by atoms with Gasteiger partial charge in [0, 0.05) is 24.2 Å². The molecular formula is C16H20N2O2. The van der Waals surface area contributed by atoms with E-state index >= 15 is 0 Å². The number of hydrogen-bond donors (Lipinski definition) is 2. The Morgan fingerprint density at radius 3 is 2.90 bits per heavy atom. The minimum Gasteiger partial charge on any atom is -0.388 e. The summed E-state index contributed by atoms with van der Waals surface area (Å²) in [5.41, 5.74) is 7.06. The third-order valence-electron chi connectivity index (χ3n) is 3.55. The first-order chi connectivity index (χ1) is 9.43. The molecule has 3 N–H and O–H groups in total. The van der Waals surface area contributed by atoms with Gasteiger partial charge in [-0.15, -0.1) is 0 Å². The summed E-state index contributed by atoms with van der Waals surface area (Å²) < 4.78 is 0. The number of carbonyl (C=O) groups excluding carboxylic acids is 1. The van der Waals surface area contributed by atoms with Gasteiger partial charge in [0.25, 0.3) is 5.91 Å². The van der Waals surface area contributed by atoms with E-state index in [1.807, 2.05) is 13.0 Å². The Morgan fingerprint density at radius 1 is 1.55 bits per heavy atom. The van der Waals surface area contributed by atoms with Gasteiger partial charge < -0.3 is 15.7 Å². The zero-order valence-electron chi connectivity index (χ0n) is 11.9. The van der Waals surface area contributed by atoms with Crippen LogP contribution in [-0.4, -0.2) is 41.1 Å². The predicted octanol–water partition coefficient (Wildman–Crippen LogP) is 0.902. The van der Waals surface area contributed by atoms with Crippen LogP contribution in [0.4, 0.5) is 0 Å². The molecule has 2 rings (SSSR count). The number of benzene rings is 1. The number of β-amino-alcohol motifs (C(OH)–C–C–N with tert-alkyl or cyclic N) is 1. The Labute approximate surface area is 119 Å². The summed E-state index contributed by atoms with van der Waals surface area (Å²) in [4.78, 5) is 14.1. The molecule has 4 nitrogen and oxygen atoms in total. The molecule has 1 aliphatic rings. The summed E-state index contributed by atoms with van der Waals surface area (Å²) in [6.07, 6.45) is 0.616. The van der Waals surface area contributed by atoms with Gasteiger partial charge >= 0.3 is 0 Å². The van der Waals surface area contributed by atoms with Crippen LogP contribution < -0.4 is 5.73 Å². The lowest BCUT2D eigenvalue weighted by atomic mass is 10.0. The number of nitrogens with two attached hydrogens (primary N) is 1. The van der Waals surface area contributed by atoms with Gasteiger partial charge in [-0.05, 0) is 38.0 Å². The smallest absolute Gasteiger partial charge is 0.253 e. The van der Waals surface area contributed by atoms with Crippen molar-refractivity contribution in [2.45, 2.75) is 25.9 Å². The third-order valence-corrected chi connectivity index (χ3v) is 3.55. The van der Waals surface area contributed by atoms with Gasteiger partial charge in [0.1, 0.15) is 0 Å². The molecule has 1 heterocycles. The lowest BCUT2D eigenvalue weighted by molar-refractivity contribution is 0.0572. The van der Waals surface area contributed by atoms with Crippen LogP contribution in [0, 0.1) is 18.8 Å². The molecular weight excluding hydrogens is 252 g/mol. The van der Waals surface area contributed by atoms with Gasteiger partial charge in [0.05, 0.1) is 12.1 Å². The van der Waals surface area contributed by atoms with E-state index in [4.69, 9.17) is 5.73 Å². The highest BCUT2D eigenvalue weighted by molar-refractivity contribution is 5.95. The summed E-state index contributed by atoms with van der Waals surface area (Å²) in [6.45, 7) is 4.97. The molecule has 20 heavy (non-hydrogen) atoms. The normalized spacial score (nSPS) is 21.5. The minimum absolute atomic E-state index is 0.0569. The highest BCUT2D eigenvalue weighted by Crippen LogP contribution is 2.22.